The summed E-state index contributed by atoms with van der Waals surface area (Å²) >= 11 is 6.86. The third kappa shape index (κ3) is 7.00. The first-order valence-corrected chi connectivity index (χ1v) is 16.4. The van der Waals surface area contributed by atoms with Crippen LogP contribution in [-0.2, 0) is 25.7 Å². The summed E-state index contributed by atoms with van der Waals surface area (Å²) in [5, 5.41) is 9.31. The Labute approximate surface area is 277 Å². The molecule has 3 aromatic rings. The molecule has 2 aromatic heterocycles. The summed E-state index contributed by atoms with van der Waals surface area (Å²) in [5.41, 5.74) is 0.582. The Balaban J connectivity index is 1.13. The molecule has 248 valence electrons. The molecule has 3 atom stereocenters. The number of aryl methyl sites for hydroxylation is 1. The number of amides is 3. The van der Waals surface area contributed by atoms with Crippen molar-refractivity contribution >= 4 is 51.9 Å². The van der Waals surface area contributed by atoms with Crippen molar-refractivity contribution in [3.8, 4) is 0 Å². The topological polar surface area (TPSA) is 149 Å². The maximum absolute atomic E-state index is 13.5. The number of alkyl halides is 1. The van der Waals surface area contributed by atoms with Gasteiger partial charge in [0.05, 0.1) is 7.11 Å². The minimum atomic E-state index is -1.09. The molecule has 4 fully saturated rings. The number of esters is 1. The number of halogens is 1. The number of aromatic nitrogens is 1. The van der Waals surface area contributed by atoms with Crippen LogP contribution in [0.5, 0.6) is 0 Å². The highest BCUT2D eigenvalue weighted by Crippen LogP contribution is 2.58. The van der Waals surface area contributed by atoms with E-state index in [-0.39, 0.29) is 47.7 Å². The first kappa shape index (κ1) is 32.6. The number of hydrogen-bond donors (Lipinski definition) is 3. The zero-order chi connectivity index (χ0) is 33.3. The Morgan fingerprint density at radius 1 is 1.11 bits per heavy atom. The van der Waals surface area contributed by atoms with Crippen molar-refractivity contribution < 1.29 is 28.3 Å². The van der Waals surface area contributed by atoms with Crippen LogP contribution in [0.2, 0.25) is 0 Å². The summed E-state index contributed by atoms with van der Waals surface area (Å²) in [6.07, 6.45) is 9.65. The number of allylic oxidation sites excluding steroid dienone is 1. The third-order valence-corrected chi connectivity index (χ3v) is 10.3. The number of furan rings is 1. The summed E-state index contributed by atoms with van der Waals surface area (Å²) in [6.45, 7) is 1.56. The maximum Gasteiger partial charge on any atom is 0.330 e. The molecular weight excluding hydrogens is 624 g/mol. The predicted octanol–water partition coefficient (Wildman–Crippen LogP) is 4.45. The summed E-state index contributed by atoms with van der Waals surface area (Å²) in [5.74, 6) is -0.646. The molecule has 7 rings (SSSR count). The average molecular weight is 663 g/mol. The molecule has 3 amide bonds. The molecule has 0 aliphatic heterocycles. The van der Waals surface area contributed by atoms with Gasteiger partial charge in [-0.3, -0.25) is 19.2 Å². The minimum Gasteiger partial charge on any atom is -0.466 e. The Morgan fingerprint density at radius 3 is 2.55 bits per heavy atom. The average Bonchev–Trinajstić information content (AvgIpc) is 3.37. The van der Waals surface area contributed by atoms with Gasteiger partial charge in [-0.05, 0) is 87.8 Å². The number of benzene rings is 1. The van der Waals surface area contributed by atoms with E-state index in [0.717, 1.165) is 37.5 Å². The van der Waals surface area contributed by atoms with Gasteiger partial charge in [-0.25, -0.2) is 4.79 Å². The van der Waals surface area contributed by atoms with Crippen LogP contribution in [0.3, 0.4) is 0 Å². The number of fused-ring (bicyclic) bond motifs is 1. The molecule has 4 saturated carbocycles. The van der Waals surface area contributed by atoms with E-state index in [0.29, 0.717) is 28.9 Å². The predicted molar refractivity (Wildman–Crippen MR) is 176 cm³/mol. The van der Waals surface area contributed by atoms with Crippen LogP contribution in [0.1, 0.15) is 61.1 Å². The fourth-order valence-corrected chi connectivity index (χ4v) is 8.53. The molecule has 0 radical (unpaired) electrons. The molecular formula is C35H39ClN4O7. The number of methoxy groups -OCH3 is 1. The molecule has 4 aliphatic carbocycles. The quantitative estimate of drug-likeness (QED) is 0.156. The Morgan fingerprint density at radius 2 is 1.85 bits per heavy atom. The van der Waals surface area contributed by atoms with Gasteiger partial charge >= 0.3 is 5.97 Å². The van der Waals surface area contributed by atoms with E-state index in [1.54, 1.807) is 25.1 Å². The van der Waals surface area contributed by atoms with Crippen molar-refractivity contribution in [3.05, 3.63) is 76.4 Å². The van der Waals surface area contributed by atoms with Crippen molar-refractivity contribution in [1.82, 2.24) is 15.2 Å². The number of para-hydroxylation sites is 1. The zero-order valence-corrected chi connectivity index (χ0v) is 27.2. The lowest BCUT2D eigenvalue weighted by Crippen LogP contribution is -2.60. The van der Waals surface area contributed by atoms with Crippen molar-refractivity contribution in [2.45, 2.75) is 75.4 Å². The molecule has 4 aliphatic rings. The second-order valence-electron chi connectivity index (χ2n) is 13.1. The van der Waals surface area contributed by atoms with Crippen molar-refractivity contribution in [1.29, 1.82) is 0 Å². The van der Waals surface area contributed by atoms with Crippen LogP contribution < -0.4 is 21.5 Å². The Bertz CT molecular complexity index is 1780. The number of pyridine rings is 1. The fraction of sp³-hybridized carbons (Fsp3) is 0.457. The van der Waals surface area contributed by atoms with Gasteiger partial charge in [0, 0.05) is 34.1 Å². The SMILES string of the molecule is COC(=O)/C=C/CC[C@H](NC(=O)c1oc2ccccc2c1C)C(=O)Nc1cccn(CC(=O)NC2C3CC4CC2CC(Cl)(C4)C3)c1=O. The zero-order valence-electron chi connectivity index (χ0n) is 26.4. The van der Waals surface area contributed by atoms with Crippen LogP contribution in [0.25, 0.3) is 11.0 Å². The lowest BCUT2D eigenvalue weighted by atomic mass is 9.53. The number of anilines is 1. The highest BCUT2D eigenvalue weighted by Gasteiger charge is 2.55. The Hall–Kier alpha value is -4.38. The summed E-state index contributed by atoms with van der Waals surface area (Å²) < 4.78 is 11.6. The van der Waals surface area contributed by atoms with Gasteiger partial charge in [0.1, 0.15) is 23.9 Å². The van der Waals surface area contributed by atoms with E-state index < -0.39 is 29.4 Å². The summed E-state index contributed by atoms with van der Waals surface area (Å²) in [6, 6.07) is 9.22. The second kappa shape index (κ2) is 13.4. The summed E-state index contributed by atoms with van der Waals surface area (Å²) in [7, 11) is 1.26. The second-order valence-corrected chi connectivity index (χ2v) is 13.9. The van der Waals surface area contributed by atoms with Gasteiger partial charge < -0.3 is 29.7 Å². The van der Waals surface area contributed by atoms with Crippen molar-refractivity contribution in [2.24, 2.45) is 17.8 Å². The number of carbonyl (C=O) groups excluding carboxylic acids is 4. The maximum atomic E-state index is 13.5. The number of nitrogens with one attached hydrogen (secondary N) is 3. The molecule has 2 unspecified atom stereocenters. The molecule has 47 heavy (non-hydrogen) atoms. The van der Waals surface area contributed by atoms with Gasteiger partial charge in [0.2, 0.25) is 11.8 Å². The number of rotatable bonds is 11. The highest BCUT2D eigenvalue weighted by atomic mass is 35.5. The first-order valence-electron chi connectivity index (χ1n) is 16.1. The minimum absolute atomic E-state index is 0.0340. The van der Waals surface area contributed by atoms with E-state index in [1.165, 1.54) is 36.1 Å². The smallest absolute Gasteiger partial charge is 0.330 e. The molecule has 2 heterocycles. The lowest BCUT2D eigenvalue weighted by molar-refractivity contribution is -0.134. The fourth-order valence-electron chi connectivity index (χ4n) is 7.92. The highest BCUT2D eigenvalue weighted by molar-refractivity contribution is 6.24. The number of ether oxygens (including phenoxy) is 1. The van der Waals surface area contributed by atoms with Gasteiger partial charge in [-0.1, -0.05) is 24.3 Å². The van der Waals surface area contributed by atoms with Gasteiger partial charge in [0.25, 0.3) is 11.5 Å². The number of hydrogen-bond acceptors (Lipinski definition) is 7. The molecule has 0 spiro atoms. The van der Waals surface area contributed by atoms with Gasteiger partial charge in [0.15, 0.2) is 5.76 Å². The number of nitrogens with zero attached hydrogens (tertiary/aromatic N) is 1. The van der Waals surface area contributed by atoms with Crippen LogP contribution in [0.15, 0.2) is 64.0 Å². The standard InChI is InChI=1S/C35H39ClN4O7/c1-20-24-8-3-5-11-27(24)47-31(20)33(44)37-25(9-4-6-12-29(42)46-2)32(43)38-26-10-7-13-40(34(26)45)19-28(41)39-30-22-14-21-15-23(30)18-35(36,16-21)17-22/h3,5-8,10-13,21-23,25,30H,4,9,14-19H2,1-2H3,(H,37,44)(H,38,43)(H,39,41)/b12-6+/t21?,22?,23?,25-,30?,35?/m0/s1. The molecule has 12 heteroatoms. The lowest BCUT2D eigenvalue weighted by Gasteiger charge is -2.57. The third-order valence-electron chi connectivity index (χ3n) is 9.87. The van der Waals surface area contributed by atoms with E-state index in [1.807, 2.05) is 12.1 Å². The summed E-state index contributed by atoms with van der Waals surface area (Å²) in [4.78, 5) is 64.8. The van der Waals surface area contributed by atoms with E-state index in [9.17, 15) is 24.0 Å². The van der Waals surface area contributed by atoms with E-state index in [2.05, 4.69) is 20.7 Å². The number of carbonyl (C=O) groups is 4. The van der Waals surface area contributed by atoms with Crippen molar-refractivity contribution in [2.75, 3.05) is 12.4 Å². The van der Waals surface area contributed by atoms with E-state index in [4.69, 9.17) is 16.0 Å². The van der Waals surface area contributed by atoms with Crippen LogP contribution in [-0.4, -0.2) is 52.3 Å². The first-order chi connectivity index (χ1) is 22.5. The van der Waals surface area contributed by atoms with Crippen LogP contribution in [0, 0.1) is 24.7 Å². The molecule has 11 nitrogen and oxygen atoms in total. The molecule has 1 aromatic carbocycles. The normalized spacial score (nSPS) is 25.1. The van der Waals surface area contributed by atoms with E-state index >= 15 is 0 Å². The van der Waals surface area contributed by atoms with Gasteiger partial charge in [-0.2, -0.15) is 0 Å². The molecule has 4 bridgehead atoms. The van der Waals surface area contributed by atoms with Crippen LogP contribution in [0.4, 0.5) is 5.69 Å². The van der Waals surface area contributed by atoms with Gasteiger partial charge in [-0.15, -0.1) is 11.6 Å². The van der Waals surface area contributed by atoms with Crippen molar-refractivity contribution in [3.63, 3.8) is 0 Å². The van der Waals surface area contributed by atoms with Crippen LogP contribution >= 0.6 is 11.6 Å². The molecule has 0 saturated heterocycles. The molecule has 3 N–H and O–H groups in total. The monoisotopic (exact) mass is 662 g/mol. The largest absolute Gasteiger partial charge is 0.466 e. The Kier molecular flexibility index (Phi) is 9.27.